The molecular formula is C20H14ClFN2O4. The molecule has 0 fully saturated rings. The predicted octanol–water partition coefficient (Wildman–Crippen LogP) is 4.74. The summed E-state index contributed by atoms with van der Waals surface area (Å²) < 4.78 is 29.4. The molecule has 0 saturated carbocycles. The lowest BCUT2D eigenvalue weighted by Gasteiger charge is -2.03. The van der Waals surface area contributed by atoms with E-state index in [9.17, 15) is 9.18 Å². The van der Waals surface area contributed by atoms with Gasteiger partial charge in [0.15, 0.2) is 10.7 Å². The Kier molecular flexibility index (Phi) is 5.08. The number of carbonyl (C=O) groups is 1. The van der Waals surface area contributed by atoms with Crippen molar-refractivity contribution < 1.29 is 23.0 Å². The molecule has 28 heavy (non-hydrogen) atoms. The molecule has 2 heterocycles. The molecule has 0 N–H and O–H groups in total. The summed E-state index contributed by atoms with van der Waals surface area (Å²) in [5, 5.41) is 8.54. The van der Waals surface area contributed by atoms with Gasteiger partial charge >= 0.3 is 5.97 Å². The van der Waals surface area contributed by atoms with Gasteiger partial charge in [-0.05, 0) is 23.8 Å². The van der Waals surface area contributed by atoms with Crippen LogP contribution < -0.4 is 4.74 Å². The van der Waals surface area contributed by atoms with Crippen LogP contribution in [0.5, 0.6) is 5.75 Å². The second-order valence-corrected chi connectivity index (χ2v) is 6.53. The first-order valence-electron chi connectivity index (χ1n) is 8.52. The van der Waals surface area contributed by atoms with Crippen molar-refractivity contribution in [3.63, 3.8) is 0 Å². The van der Waals surface area contributed by atoms with Gasteiger partial charge in [0.2, 0.25) is 0 Å². The molecule has 0 unspecified atom stereocenters. The van der Waals surface area contributed by atoms with Gasteiger partial charge in [-0.2, -0.15) is 0 Å². The van der Waals surface area contributed by atoms with Crippen molar-refractivity contribution in [2.24, 2.45) is 0 Å². The zero-order valence-electron chi connectivity index (χ0n) is 14.5. The van der Waals surface area contributed by atoms with Gasteiger partial charge in [0.1, 0.15) is 17.3 Å². The number of halogens is 2. The Bertz CT molecular complexity index is 1140. The van der Waals surface area contributed by atoms with Crippen LogP contribution in [0, 0.1) is 5.82 Å². The minimum absolute atomic E-state index is 0.110. The Balaban J connectivity index is 1.43. The number of fused-ring (bicyclic) bond motifs is 1. The quantitative estimate of drug-likeness (QED) is 0.343. The van der Waals surface area contributed by atoms with Crippen LogP contribution in [0.15, 0.2) is 57.6 Å². The number of ether oxygens (including phenoxy) is 1. The highest BCUT2D eigenvalue weighted by Crippen LogP contribution is 2.26. The predicted molar refractivity (Wildman–Crippen MR) is 98.7 cm³/mol. The molecule has 0 aliphatic heterocycles. The van der Waals surface area contributed by atoms with E-state index in [2.05, 4.69) is 10.3 Å². The number of rotatable bonds is 6. The molecule has 0 bridgehead atoms. The van der Waals surface area contributed by atoms with E-state index in [1.807, 2.05) is 0 Å². The van der Waals surface area contributed by atoms with Crippen LogP contribution in [0.25, 0.3) is 11.0 Å². The highest BCUT2D eigenvalue weighted by Gasteiger charge is 2.14. The van der Waals surface area contributed by atoms with Crippen LogP contribution >= 0.6 is 11.6 Å². The molecule has 2 aromatic heterocycles. The largest absolute Gasteiger partial charge is 0.426 e. The fraction of sp³-hybridized carbons (Fsp3) is 0.150. The number of hydrogen-bond acceptors (Lipinski definition) is 6. The third kappa shape index (κ3) is 4.04. The third-order valence-electron chi connectivity index (χ3n) is 4.17. The van der Waals surface area contributed by atoms with E-state index in [-0.39, 0.29) is 17.4 Å². The molecule has 0 saturated heterocycles. The van der Waals surface area contributed by atoms with Crippen molar-refractivity contribution in [2.75, 3.05) is 0 Å². The topological polar surface area (TPSA) is 78.4 Å². The van der Waals surface area contributed by atoms with Crippen molar-refractivity contribution >= 4 is 28.5 Å². The summed E-state index contributed by atoms with van der Waals surface area (Å²) in [6.07, 6.45) is 0.743. The van der Waals surface area contributed by atoms with E-state index in [0.29, 0.717) is 41.2 Å². The van der Waals surface area contributed by atoms with Crippen LogP contribution in [0.2, 0.25) is 5.15 Å². The number of nitrogens with zero attached hydrogens (tertiary/aromatic N) is 2. The summed E-state index contributed by atoms with van der Waals surface area (Å²) in [7, 11) is 0. The van der Waals surface area contributed by atoms with Gasteiger partial charge in [0.05, 0.1) is 12.1 Å². The molecule has 8 heteroatoms. The van der Waals surface area contributed by atoms with Gasteiger partial charge < -0.3 is 13.8 Å². The fourth-order valence-electron chi connectivity index (χ4n) is 2.80. The Morgan fingerprint density at radius 1 is 1.11 bits per heavy atom. The molecule has 0 spiro atoms. The van der Waals surface area contributed by atoms with E-state index < -0.39 is 5.97 Å². The molecule has 0 atom stereocenters. The first kappa shape index (κ1) is 18.2. The monoisotopic (exact) mass is 400 g/mol. The smallest absolute Gasteiger partial charge is 0.311 e. The lowest BCUT2D eigenvalue weighted by Crippen LogP contribution is -2.08. The normalized spacial score (nSPS) is 11.1. The maximum atomic E-state index is 13.9. The first-order chi connectivity index (χ1) is 13.6. The van der Waals surface area contributed by atoms with E-state index in [1.54, 1.807) is 42.5 Å². The molecule has 2 aromatic carbocycles. The Labute approximate surface area is 163 Å². The second-order valence-electron chi connectivity index (χ2n) is 6.15. The number of esters is 1. The summed E-state index contributed by atoms with van der Waals surface area (Å²) >= 11 is 5.66. The molecular weight excluding hydrogens is 387 g/mol. The van der Waals surface area contributed by atoms with E-state index >= 15 is 0 Å². The number of hydrogen-bond donors (Lipinski definition) is 0. The van der Waals surface area contributed by atoms with Crippen LogP contribution in [-0.4, -0.2) is 16.3 Å². The number of benzene rings is 2. The van der Waals surface area contributed by atoms with Gasteiger partial charge in [0.25, 0.3) is 0 Å². The number of carbonyl (C=O) groups excluding carboxylic acids is 1. The van der Waals surface area contributed by atoms with Crippen molar-refractivity contribution in [2.45, 2.75) is 19.3 Å². The average Bonchev–Trinajstić information content (AvgIpc) is 3.28. The summed E-state index contributed by atoms with van der Waals surface area (Å²) in [4.78, 5) is 12.0. The molecule has 0 radical (unpaired) electrons. The number of aryl methyl sites for hydroxylation is 1. The molecule has 0 aliphatic carbocycles. The van der Waals surface area contributed by atoms with Crippen LogP contribution in [0.4, 0.5) is 4.39 Å². The lowest BCUT2D eigenvalue weighted by molar-refractivity contribution is -0.134. The first-order valence-corrected chi connectivity index (χ1v) is 8.90. The molecule has 6 nitrogen and oxygen atoms in total. The molecule has 0 amide bonds. The van der Waals surface area contributed by atoms with E-state index in [1.165, 1.54) is 6.07 Å². The SMILES string of the molecule is O=C(CCc1cc(Cl)no1)Oc1ccc2c(Cc3ccccc3F)noc2c1. The van der Waals surface area contributed by atoms with Crippen LogP contribution in [-0.2, 0) is 17.6 Å². The zero-order valence-corrected chi connectivity index (χ0v) is 15.3. The fourth-order valence-corrected chi connectivity index (χ4v) is 2.95. The van der Waals surface area contributed by atoms with Crippen LogP contribution in [0.1, 0.15) is 23.4 Å². The summed E-state index contributed by atoms with van der Waals surface area (Å²) in [5.41, 5.74) is 1.60. The van der Waals surface area contributed by atoms with Crippen LogP contribution in [0.3, 0.4) is 0 Å². The zero-order chi connectivity index (χ0) is 19.5. The molecule has 4 aromatic rings. The Hall–Kier alpha value is -3.19. The molecule has 142 valence electrons. The van der Waals surface area contributed by atoms with Crippen molar-refractivity contribution in [3.8, 4) is 5.75 Å². The van der Waals surface area contributed by atoms with E-state index in [4.69, 9.17) is 25.4 Å². The Morgan fingerprint density at radius 2 is 1.96 bits per heavy atom. The van der Waals surface area contributed by atoms with Crippen molar-refractivity contribution in [3.05, 3.63) is 76.5 Å². The van der Waals surface area contributed by atoms with Gasteiger partial charge in [-0.1, -0.05) is 40.1 Å². The molecule has 4 rings (SSSR count). The molecule has 0 aliphatic rings. The third-order valence-corrected chi connectivity index (χ3v) is 4.35. The maximum absolute atomic E-state index is 13.9. The summed E-state index contributed by atoms with van der Waals surface area (Å²) in [6, 6.07) is 13.0. The second kappa shape index (κ2) is 7.82. The summed E-state index contributed by atoms with van der Waals surface area (Å²) in [5.74, 6) is 0.113. The van der Waals surface area contributed by atoms with Gasteiger partial charge in [-0.15, -0.1) is 0 Å². The maximum Gasteiger partial charge on any atom is 0.311 e. The highest BCUT2D eigenvalue weighted by atomic mass is 35.5. The Morgan fingerprint density at radius 3 is 2.75 bits per heavy atom. The van der Waals surface area contributed by atoms with Crippen molar-refractivity contribution in [1.82, 2.24) is 10.3 Å². The van der Waals surface area contributed by atoms with E-state index in [0.717, 1.165) is 5.39 Å². The van der Waals surface area contributed by atoms with Gasteiger partial charge in [0, 0.05) is 30.4 Å². The highest BCUT2D eigenvalue weighted by molar-refractivity contribution is 6.29. The average molecular weight is 401 g/mol. The van der Waals surface area contributed by atoms with Gasteiger partial charge in [-0.3, -0.25) is 4.79 Å². The summed E-state index contributed by atoms with van der Waals surface area (Å²) in [6.45, 7) is 0. The minimum Gasteiger partial charge on any atom is -0.426 e. The van der Waals surface area contributed by atoms with Gasteiger partial charge in [-0.25, -0.2) is 4.39 Å². The number of aromatic nitrogens is 2. The lowest BCUT2D eigenvalue weighted by atomic mass is 10.1. The van der Waals surface area contributed by atoms with Crippen molar-refractivity contribution in [1.29, 1.82) is 0 Å². The minimum atomic E-state index is -0.432. The standard InChI is InChI=1S/C20H14ClFN2O4/c21-19-11-14(27-24-19)6-8-20(25)26-13-5-7-15-17(23-28-18(15)10-13)9-12-3-1-2-4-16(12)22/h1-5,7,10-11H,6,8-9H2.